The monoisotopic (exact) mass is 846 g/mol. The first-order valence-corrected chi connectivity index (χ1v) is 24.1. The first kappa shape index (κ1) is 39.4. The van der Waals surface area contributed by atoms with Crippen LogP contribution in [0.25, 0.3) is 71.7 Å². The molecule has 322 valence electrons. The molecule has 65 heavy (non-hydrogen) atoms. The molecule has 0 N–H and O–H groups in total. The zero-order valence-corrected chi connectivity index (χ0v) is 40.3. The summed E-state index contributed by atoms with van der Waals surface area (Å²) in [5.41, 5.74) is 24.4. The van der Waals surface area contributed by atoms with Crippen molar-refractivity contribution < 1.29 is 4.42 Å². The minimum Gasteiger partial charge on any atom is -0.455 e. The van der Waals surface area contributed by atoms with E-state index in [9.17, 15) is 0 Å². The van der Waals surface area contributed by atoms with Crippen molar-refractivity contribution in [3.63, 3.8) is 0 Å². The number of rotatable bonds is 1. The highest BCUT2D eigenvalue weighted by Gasteiger charge is 2.49. The number of aromatic nitrogens is 1. The summed E-state index contributed by atoms with van der Waals surface area (Å²) < 4.78 is 10.1. The molecular weight excluding hydrogens is 787 g/mol. The van der Waals surface area contributed by atoms with E-state index in [1.807, 2.05) is 0 Å². The third kappa shape index (κ3) is 5.04. The molecular formula is C61H59BN2O. The Morgan fingerprint density at radius 2 is 1.22 bits per heavy atom. The van der Waals surface area contributed by atoms with E-state index in [-0.39, 0.29) is 33.9 Å². The molecule has 3 nitrogen and oxygen atoms in total. The fourth-order valence-electron chi connectivity index (χ4n) is 12.9. The van der Waals surface area contributed by atoms with Gasteiger partial charge in [-0.3, -0.25) is 0 Å². The molecule has 0 fully saturated rings. The lowest BCUT2D eigenvalue weighted by molar-refractivity contribution is 0.332. The Kier molecular flexibility index (Phi) is 7.43. The van der Waals surface area contributed by atoms with Crippen LogP contribution in [-0.4, -0.2) is 11.4 Å². The van der Waals surface area contributed by atoms with Crippen molar-refractivity contribution in [2.24, 2.45) is 0 Å². The molecule has 4 heteroatoms. The van der Waals surface area contributed by atoms with Crippen LogP contribution >= 0.6 is 0 Å². The van der Waals surface area contributed by atoms with E-state index in [1.54, 1.807) is 0 Å². The number of furan rings is 1. The van der Waals surface area contributed by atoms with Gasteiger partial charge in [0.2, 0.25) is 0 Å². The van der Waals surface area contributed by atoms with Gasteiger partial charge in [-0.15, -0.1) is 0 Å². The third-order valence-corrected chi connectivity index (χ3v) is 16.7. The van der Waals surface area contributed by atoms with Crippen molar-refractivity contribution in [3.8, 4) is 27.9 Å². The van der Waals surface area contributed by atoms with E-state index in [0.29, 0.717) is 0 Å². The van der Waals surface area contributed by atoms with Crippen LogP contribution in [0, 0.1) is 0 Å². The van der Waals surface area contributed by atoms with Gasteiger partial charge in [0.1, 0.15) is 11.2 Å². The van der Waals surface area contributed by atoms with Gasteiger partial charge >= 0.3 is 6.85 Å². The number of benzene rings is 7. The predicted octanol–water partition coefficient (Wildman–Crippen LogP) is 15.2. The predicted molar refractivity (Wildman–Crippen MR) is 277 cm³/mol. The second kappa shape index (κ2) is 12.3. The Balaban J connectivity index is 1.28. The van der Waals surface area contributed by atoms with Gasteiger partial charge in [-0.25, -0.2) is 0 Å². The summed E-state index contributed by atoms with van der Waals surface area (Å²) in [6.07, 6.45) is 2.34. The van der Waals surface area contributed by atoms with Crippen molar-refractivity contribution >= 4 is 72.9 Å². The molecule has 0 spiro atoms. The van der Waals surface area contributed by atoms with Gasteiger partial charge in [-0.2, -0.15) is 0 Å². The minimum absolute atomic E-state index is 0.0302. The number of nitrogens with zero attached hydrogens (tertiary/aromatic N) is 2. The molecule has 2 aliphatic heterocycles. The fraction of sp³-hybridized carbons (Fsp3) is 0.311. The van der Waals surface area contributed by atoms with Crippen molar-refractivity contribution in [1.29, 1.82) is 0 Å². The van der Waals surface area contributed by atoms with Crippen LogP contribution < -0.4 is 15.7 Å². The molecule has 0 amide bonds. The fourth-order valence-corrected chi connectivity index (χ4v) is 12.9. The third-order valence-electron chi connectivity index (χ3n) is 16.7. The van der Waals surface area contributed by atoms with Gasteiger partial charge in [-0.1, -0.05) is 150 Å². The number of hydrogen-bond donors (Lipinski definition) is 0. The number of para-hydroxylation sites is 1. The summed E-state index contributed by atoms with van der Waals surface area (Å²) in [7, 11) is 0. The second-order valence-electron chi connectivity index (χ2n) is 24.0. The van der Waals surface area contributed by atoms with E-state index in [4.69, 9.17) is 4.42 Å². The molecule has 0 atom stereocenters. The topological polar surface area (TPSA) is 21.3 Å². The summed E-state index contributed by atoms with van der Waals surface area (Å²) in [6, 6.07) is 45.2. The summed E-state index contributed by atoms with van der Waals surface area (Å²) in [5.74, 6) is 0. The first-order chi connectivity index (χ1) is 30.8. The number of fused-ring (bicyclic) bond motifs is 17. The molecule has 0 saturated heterocycles. The molecule has 2 aliphatic carbocycles. The lowest BCUT2D eigenvalue weighted by atomic mass is 9.43. The van der Waals surface area contributed by atoms with E-state index in [1.165, 1.54) is 129 Å². The smallest absolute Gasteiger partial charge is 0.333 e. The van der Waals surface area contributed by atoms with Crippen molar-refractivity contribution in [2.75, 3.05) is 4.81 Å². The molecule has 9 aromatic rings. The maximum atomic E-state index is 7.40. The Labute approximate surface area is 384 Å². The maximum Gasteiger partial charge on any atom is 0.333 e. The molecule has 0 unspecified atom stereocenters. The van der Waals surface area contributed by atoms with Crippen LogP contribution in [0.1, 0.15) is 129 Å². The summed E-state index contributed by atoms with van der Waals surface area (Å²) in [5, 5.41) is 5.06. The molecule has 7 aromatic carbocycles. The van der Waals surface area contributed by atoms with E-state index < -0.39 is 0 Å². The van der Waals surface area contributed by atoms with Crippen molar-refractivity contribution in [3.05, 3.63) is 149 Å². The highest BCUT2D eigenvalue weighted by molar-refractivity contribution is 6.94. The molecule has 0 bridgehead atoms. The average Bonchev–Trinajstić information content (AvgIpc) is 3.88. The van der Waals surface area contributed by atoms with E-state index >= 15 is 0 Å². The number of anilines is 2. The Morgan fingerprint density at radius 3 is 1.94 bits per heavy atom. The van der Waals surface area contributed by atoms with Crippen LogP contribution in [0.5, 0.6) is 0 Å². The van der Waals surface area contributed by atoms with E-state index in [2.05, 4.69) is 208 Å². The van der Waals surface area contributed by atoms with Gasteiger partial charge in [0.15, 0.2) is 0 Å². The van der Waals surface area contributed by atoms with Crippen molar-refractivity contribution in [2.45, 2.75) is 123 Å². The number of hydrogen-bond acceptors (Lipinski definition) is 2. The highest BCUT2D eigenvalue weighted by Crippen LogP contribution is 2.57. The summed E-state index contributed by atoms with van der Waals surface area (Å²) in [4.78, 5) is 2.72. The lowest BCUT2D eigenvalue weighted by Crippen LogP contribution is -2.60. The van der Waals surface area contributed by atoms with Crippen LogP contribution in [0.3, 0.4) is 0 Å². The SMILES string of the molecule is CC(C)(C)c1ccc(N2B3c4cc(C(C)(C)C)ccc4-n4c5cc6c(cc5c5c7c(oc8ccccc87)c(c3c54)-c3cc4c(cc32)-c2ccccc2C4(C)C)C(C)(C)CCC6(C)C)cc1. The molecule has 0 radical (unpaired) electrons. The molecule has 4 aliphatic rings. The zero-order valence-electron chi connectivity index (χ0n) is 40.3. The van der Waals surface area contributed by atoms with Gasteiger partial charge in [0, 0.05) is 55.1 Å². The van der Waals surface area contributed by atoms with Gasteiger partial charge in [0.25, 0.3) is 0 Å². The minimum atomic E-state index is -0.174. The Morgan fingerprint density at radius 1 is 0.554 bits per heavy atom. The molecule has 4 heterocycles. The summed E-state index contributed by atoms with van der Waals surface area (Å²) in [6.45, 7) is 28.6. The second-order valence-corrected chi connectivity index (χ2v) is 24.0. The quantitative estimate of drug-likeness (QED) is 0.154. The van der Waals surface area contributed by atoms with Gasteiger partial charge in [0.05, 0.1) is 11.0 Å². The van der Waals surface area contributed by atoms with Crippen LogP contribution in [-0.2, 0) is 27.1 Å². The zero-order chi connectivity index (χ0) is 45.1. The molecule has 0 saturated carbocycles. The average molecular weight is 847 g/mol. The largest absolute Gasteiger partial charge is 0.455 e. The Hall–Kier alpha value is -6.00. The maximum absolute atomic E-state index is 7.40. The van der Waals surface area contributed by atoms with E-state index in [0.717, 1.165) is 11.2 Å². The Bertz CT molecular complexity index is 3600. The van der Waals surface area contributed by atoms with Crippen LogP contribution in [0.15, 0.2) is 120 Å². The highest BCUT2D eigenvalue weighted by atomic mass is 16.3. The van der Waals surface area contributed by atoms with Gasteiger partial charge in [-0.05, 0) is 138 Å². The van der Waals surface area contributed by atoms with Crippen molar-refractivity contribution in [1.82, 2.24) is 4.57 Å². The first-order valence-electron chi connectivity index (χ1n) is 24.1. The van der Waals surface area contributed by atoms with Gasteiger partial charge < -0.3 is 13.8 Å². The summed E-state index contributed by atoms with van der Waals surface area (Å²) >= 11 is 0. The molecule has 13 rings (SSSR count). The lowest BCUT2D eigenvalue weighted by Gasteiger charge is -2.43. The van der Waals surface area contributed by atoms with Crippen LogP contribution in [0.2, 0.25) is 0 Å². The normalized spacial score (nSPS) is 17.4. The standard InChI is InChI=1S/C61H59BN2O/c1-57(2,3)34-21-24-36(25-22-34)64-49-32-39-37-17-13-15-19-42(37)61(11,12)43(39)30-41(49)53-54-55-51(52-38-18-14-16-20-50(38)65-56(52)53)40-31-44-45(60(9,10)28-27-59(44,7)8)33-48(40)63(55)47-26-23-35(58(4,5)6)29-46(47)62(54)64/h13-26,29-33H,27-28H2,1-12H3. The van der Waals surface area contributed by atoms with Crippen LogP contribution in [0.4, 0.5) is 11.4 Å². The molecule has 2 aromatic heterocycles.